The van der Waals surface area contributed by atoms with E-state index in [1.165, 1.54) is 5.57 Å². The Bertz CT molecular complexity index is 119. The van der Waals surface area contributed by atoms with Crippen LogP contribution in [0.2, 0.25) is 0 Å². The van der Waals surface area contributed by atoms with Crippen molar-refractivity contribution in [2.24, 2.45) is 11.8 Å². The first kappa shape index (κ1) is 10.7. The lowest BCUT2D eigenvalue weighted by Crippen LogP contribution is -2.38. The molecular weight excluding hydrogens is 136 g/mol. The second-order valence-corrected chi connectivity index (χ2v) is 3.51. The smallest absolute Gasteiger partial charge is 0.0236 e. The van der Waals surface area contributed by atoms with Crippen LogP contribution in [0.1, 0.15) is 33.6 Å². The standard InChI is InChI=1S/C9H20N2/c1-7(2)5-6-9(11-10)8(3)4/h8-9,11H,1,5-6,10H2,2-4H3. The molecule has 0 fully saturated rings. The summed E-state index contributed by atoms with van der Waals surface area (Å²) in [5.74, 6) is 5.98. The maximum atomic E-state index is 5.38. The highest BCUT2D eigenvalue weighted by Crippen LogP contribution is 2.10. The Labute approximate surface area is 69.8 Å². The first-order valence-electron chi connectivity index (χ1n) is 4.18. The van der Waals surface area contributed by atoms with Crippen LogP contribution in [-0.4, -0.2) is 6.04 Å². The van der Waals surface area contributed by atoms with E-state index >= 15 is 0 Å². The van der Waals surface area contributed by atoms with E-state index in [2.05, 4.69) is 25.9 Å². The van der Waals surface area contributed by atoms with Crippen LogP contribution < -0.4 is 11.3 Å². The minimum absolute atomic E-state index is 0.423. The van der Waals surface area contributed by atoms with Gasteiger partial charge in [-0.05, 0) is 25.7 Å². The molecule has 0 aliphatic heterocycles. The van der Waals surface area contributed by atoms with Crippen molar-refractivity contribution in [3.8, 4) is 0 Å². The molecule has 1 unspecified atom stereocenters. The third-order valence-corrected chi connectivity index (χ3v) is 1.90. The lowest BCUT2D eigenvalue weighted by atomic mass is 9.98. The molecule has 0 aromatic heterocycles. The molecule has 66 valence electrons. The molecule has 0 aliphatic rings. The van der Waals surface area contributed by atoms with Gasteiger partial charge in [0.2, 0.25) is 0 Å². The lowest BCUT2D eigenvalue weighted by molar-refractivity contribution is 0.384. The Balaban J connectivity index is 3.61. The third-order valence-electron chi connectivity index (χ3n) is 1.90. The SMILES string of the molecule is C=C(C)CCC(NN)C(C)C. The molecule has 0 saturated heterocycles. The fourth-order valence-corrected chi connectivity index (χ4v) is 1.01. The van der Waals surface area contributed by atoms with Gasteiger partial charge in [0, 0.05) is 6.04 Å². The van der Waals surface area contributed by atoms with Crippen LogP contribution in [0, 0.1) is 5.92 Å². The fraction of sp³-hybridized carbons (Fsp3) is 0.778. The summed E-state index contributed by atoms with van der Waals surface area (Å²) in [7, 11) is 0. The molecule has 0 spiro atoms. The average Bonchev–Trinajstić information content (AvgIpc) is 1.87. The van der Waals surface area contributed by atoms with Crippen molar-refractivity contribution in [2.75, 3.05) is 0 Å². The Morgan fingerprint density at radius 1 is 1.55 bits per heavy atom. The predicted molar refractivity (Wildman–Crippen MR) is 50.0 cm³/mol. The Morgan fingerprint density at radius 2 is 2.09 bits per heavy atom. The molecule has 3 N–H and O–H groups in total. The van der Waals surface area contributed by atoms with Crippen molar-refractivity contribution in [2.45, 2.75) is 39.7 Å². The van der Waals surface area contributed by atoms with E-state index < -0.39 is 0 Å². The number of hydrogen-bond acceptors (Lipinski definition) is 2. The minimum atomic E-state index is 0.423. The van der Waals surface area contributed by atoms with Crippen molar-refractivity contribution in [1.82, 2.24) is 5.43 Å². The number of nitrogens with one attached hydrogen (secondary N) is 1. The lowest BCUT2D eigenvalue weighted by Gasteiger charge is -2.19. The molecule has 0 heterocycles. The van der Waals surface area contributed by atoms with Crippen LogP contribution in [0.25, 0.3) is 0 Å². The van der Waals surface area contributed by atoms with Crippen molar-refractivity contribution in [3.63, 3.8) is 0 Å². The van der Waals surface area contributed by atoms with Gasteiger partial charge in [-0.2, -0.15) is 0 Å². The maximum absolute atomic E-state index is 5.38. The minimum Gasteiger partial charge on any atom is -0.271 e. The second kappa shape index (κ2) is 5.33. The van der Waals surface area contributed by atoms with Gasteiger partial charge < -0.3 is 0 Å². The third kappa shape index (κ3) is 4.99. The summed E-state index contributed by atoms with van der Waals surface area (Å²) in [4.78, 5) is 0. The zero-order valence-corrected chi connectivity index (χ0v) is 7.85. The van der Waals surface area contributed by atoms with Crippen LogP contribution in [-0.2, 0) is 0 Å². The molecule has 0 aromatic rings. The summed E-state index contributed by atoms with van der Waals surface area (Å²) < 4.78 is 0. The summed E-state index contributed by atoms with van der Waals surface area (Å²) in [5, 5.41) is 0. The van der Waals surface area contributed by atoms with Gasteiger partial charge in [-0.3, -0.25) is 11.3 Å². The molecule has 0 aliphatic carbocycles. The van der Waals surface area contributed by atoms with E-state index in [1.807, 2.05) is 6.92 Å². The highest BCUT2D eigenvalue weighted by atomic mass is 15.2. The fourth-order valence-electron chi connectivity index (χ4n) is 1.01. The number of hydrogen-bond donors (Lipinski definition) is 2. The van der Waals surface area contributed by atoms with E-state index in [9.17, 15) is 0 Å². The highest BCUT2D eigenvalue weighted by Gasteiger charge is 2.09. The Kier molecular flexibility index (Phi) is 5.16. The summed E-state index contributed by atoms with van der Waals surface area (Å²) in [6.45, 7) is 10.2. The molecule has 0 saturated carbocycles. The average molecular weight is 156 g/mol. The zero-order chi connectivity index (χ0) is 8.85. The van der Waals surface area contributed by atoms with Crippen LogP contribution >= 0.6 is 0 Å². The highest BCUT2D eigenvalue weighted by molar-refractivity contribution is 4.89. The molecule has 0 aromatic carbocycles. The number of rotatable bonds is 5. The summed E-state index contributed by atoms with van der Waals surface area (Å²) >= 11 is 0. The van der Waals surface area contributed by atoms with Crippen molar-refractivity contribution in [3.05, 3.63) is 12.2 Å². The van der Waals surface area contributed by atoms with Gasteiger partial charge in [-0.25, -0.2) is 0 Å². The normalized spacial score (nSPS) is 13.5. The molecule has 2 nitrogen and oxygen atoms in total. The first-order chi connectivity index (χ1) is 5.07. The molecule has 11 heavy (non-hydrogen) atoms. The van der Waals surface area contributed by atoms with Gasteiger partial charge in [-0.15, -0.1) is 6.58 Å². The second-order valence-electron chi connectivity index (χ2n) is 3.51. The van der Waals surface area contributed by atoms with Gasteiger partial charge in [0.05, 0.1) is 0 Å². The Hall–Kier alpha value is -0.340. The van der Waals surface area contributed by atoms with Gasteiger partial charge in [-0.1, -0.05) is 19.4 Å². The molecule has 2 heteroatoms. The number of nitrogens with two attached hydrogens (primary N) is 1. The molecule has 0 rings (SSSR count). The molecule has 0 amide bonds. The predicted octanol–water partition coefficient (Wildman–Crippen LogP) is 1.83. The number of allylic oxidation sites excluding steroid dienone is 1. The van der Waals surface area contributed by atoms with Gasteiger partial charge >= 0.3 is 0 Å². The maximum Gasteiger partial charge on any atom is 0.0236 e. The van der Waals surface area contributed by atoms with Crippen LogP contribution in [0.3, 0.4) is 0 Å². The van der Waals surface area contributed by atoms with Gasteiger partial charge in [0.1, 0.15) is 0 Å². The summed E-state index contributed by atoms with van der Waals surface area (Å²) in [5.41, 5.74) is 4.04. The van der Waals surface area contributed by atoms with E-state index in [0.29, 0.717) is 12.0 Å². The first-order valence-corrected chi connectivity index (χ1v) is 4.18. The summed E-state index contributed by atoms with van der Waals surface area (Å²) in [6.07, 6.45) is 2.15. The largest absolute Gasteiger partial charge is 0.271 e. The molecular formula is C9H20N2. The van der Waals surface area contributed by atoms with E-state index in [1.54, 1.807) is 0 Å². The van der Waals surface area contributed by atoms with Crippen molar-refractivity contribution >= 4 is 0 Å². The van der Waals surface area contributed by atoms with Crippen molar-refractivity contribution in [1.29, 1.82) is 0 Å². The van der Waals surface area contributed by atoms with Crippen LogP contribution in [0.4, 0.5) is 0 Å². The van der Waals surface area contributed by atoms with E-state index in [4.69, 9.17) is 5.84 Å². The van der Waals surface area contributed by atoms with Crippen LogP contribution in [0.15, 0.2) is 12.2 Å². The molecule has 0 radical (unpaired) electrons. The topological polar surface area (TPSA) is 38.0 Å². The number of hydrazine groups is 1. The monoisotopic (exact) mass is 156 g/mol. The van der Waals surface area contributed by atoms with Gasteiger partial charge in [0.25, 0.3) is 0 Å². The zero-order valence-electron chi connectivity index (χ0n) is 7.85. The van der Waals surface area contributed by atoms with E-state index in [0.717, 1.165) is 12.8 Å². The van der Waals surface area contributed by atoms with E-state index in [-0.39, 0.29) is 0 Å². The van der Waals surface area contributed by atoms with Crippen LogP contribution in [0.5, 0.6) is 0 Å². The van der Waals surface area contributed by atoms with Gasteiger partial charge in [0.15, 0.2) is 0 Å². The van der Waals surface area contributed by atoms with Crippen molar-refractivity contribution < 1.29 is 0 Å². The quantitative estimate of drug-likeness (QED) is 0.362. The summed E-state index contributed by atoms with van der Waals surface area (Å²) in [6, 6.07) is 0.423. The Morgan fingerprint density at radius 3 is 2.36 bits per heavy atom. The molecule has 0 bridgehead atoms. The molecule has 1 atom stereocenters.